The van der Waals surface area contributed by atoms with Crippen LogP contribution in [0.2, 0.25) is 0 Å². The van der Waals surface area contributed by atoms with Gasteiger partial charge in [-0.1, -0.05) is 13.8 Å². The fourth-order valence-corrected chi connectivity index (χ4v) is 2.40. The highest BCUT2D eigenvalue weighted by Crippen LogP contribution is 2.29. The summed E-state index contributed by atoms with van der Waals surface area (Å²) in [6, 6.07) is 5.96. The zero-order valence-corrected chi connectivity index (χ0v) is 11.0. The minimum absolute atomic E-state index is 0.443. The van der Waals surface area contributed by atoms with E-state index < -0.39 is 11.7 Å². The molecule has 0 radical (unpaired) electrons. The van der Waals surface area contributed by atoms with Crippen LogP contribution in [-0.2, 0) is 4.79 Å². The highest BCUT2D eigenvalue weighted by molar-refractivity contribution is 6.51. The molecule has 0 fully saturated rings. The molecule has 0 saturated heterocycles. The van der Waals surface area contributed by atoms with Gasteiger partial charge >= 0.3 is 0 Å². The minimum atomic E-state index is -0.535. The monoisotopic (exact) mass is 246 g/mol. The summed E-state index contributed by atoms with van der Waals surface area (Å²) < 4.78 is 0. The maximum Gasteiger partial charge on any atom is 0.296 e. The SMILES string of the molecule is CCC(CC)N(C)c1ccc2c(c1)NC(=O)C2=O. The lowest BCUT2D eigenvalue weighted by Crippen LogP contribution is -2.30. The summed E-state index contributed by atoms with van der Waals surface area (Å²) in [5, 5.41) is 2.60. The second-order valence-electron chi connectivity index (χ2n) is 4.59. The molecule has 0 unspecified atom stereocenters. The molecule has 1 aliphatic rings. The Morgan fingerprint density at radius 2 is 1.89 bits per heavy atom. The van der Waals surface area contributed by atoms with Crippen LogP contribution in [-0.4, -0.2) is 24.8 Å². The predicted molar refractivity (Wildman–Crippen MR) is 72.2 cm³/mol. The molecule has 0 atom stereocenters. The number of carbonyl (C=O) groups excluding carboxylic acids is 2. The van der Waals surface area contributed by atoms with E-state index in [1.54, 1.807) is 6.07 Å². The summed E-state index contributed by atoms with van der Waals surface area (Å²) in [5.74, 6) is -0.978. The van der Waals surface area contributed by atoms with Crippen LogP contribution in [0.15, 0.2) is 18.2 Å². The third-order valence-electron chi connectivity index (χ3n) is 3.60. The number of anilines is 2. The van der Waals surface area contributed by atoms with Crippen molar-refractivity contribution in [3.63, 3.8) is 0 Å². The number of nitrogens with zero attached hydrogens (tertiary/aromatic N) is 1. The first-order valence-electron chi connectivity index (χ1n) is 6.31. The second-order valence-corrected chi connectivity index (χ2v) is 4.59. The Bertz CT molecular complexity index is 493. The maximum absolute atomic E-state index is 11.5. The molecule has 4 nitrogen and oxygen atoms in total. The fraction of sp³-hybridized carbons (Fsp3) is 0.429. The van der Waals surface area contributed by atoms with Gasteiger partial charge in [-0.3, -0.25) is 9.59 Å². The molecule has 2 rings (SSSR count). The topological polar surface area (TPSA) is 49.4 Å². The summed E-state index contributed by atoms with van der Waals surface area (Å²) >= 11 is 0. The van der Waals surface area contributed by atoms with Gasteiger partial charge in [0.1, 0.15) is 0 Å². The summed E-state index contributed by atoms with van der Waals surface area (Å²) in [4.78, 5) is 25.0. The molecule has 1 aromatic rings. The molecule has 0 spiro atoms. The zero-order chi connectivity index (χ0) is 13.3. The number of ketones is 1. The molecule has 0 aliphatic carbocycles. The van der Waals surface area contributed by atoms with Gasteiger partial charge in [0.05, 0.1) is 11.3 Å². The highest BCUT2D eigenvalue weighted by Gasteiger charge is 2.28. The zero-order valence-electron chi connectivity index (χ0n) is 11.0. The highest BCUT2D eigenvalue weighted by atomic mass is 16.2. The van der Waals surface area contributed by atoms with E-state index >= 15 is 0 Å². The molecule has 1 heterocycles. The average molecular weight is 246 g/mol. The quantitative estimate of drug-likeness (QED) is 0.830. The van der Waals surface area contributed by atoms with E-state index in [4.69, 9.17) is 0 Å². The molecule has 18 heavy (non-hydrogen) atoms. The molecule has 1 N–H and O–H groups in total. The van der Waals surface area contributed by atoms with Crippen molar-refractivity contribution in [2.75, 3.05) is 17.3 Å². The minimum Gasteiger partial charge on any atom is -0.372 e. The van der Waals surface area contributed by atoms with E-state index in [1.807, 2.05) is 19.2 Å². The molecule has 1 aromatic carbocycles. The van der Waals surface area contributed by atoms with Crippen LogP contribution in [0.1, 0.15) is 37.0 Å². The van der Waals surface area contributed by atoms with E-state index in [9.17, 15) is 9.59 Å². The van der Waals surface area contributed by atoms with Crippen LogP contribution < -0.4 is 10.2 Å². The first-order valence-corrected chi connectivity index (χ1v) is 6.31. The molecule has 0 saturated carbocycles. The molecule has 1 aliphatic heterocycles. The van der Waals surface area contributed by atoms with Crippen LogP contribution in [0.3, 0.4) is 0 Å². The smallest absolute Gasteiger partial charge is 0.296 e. The number of benzene rings is 1. The summed E-state index contributed by atoms with van der Waals surface area (Å²) in [5.41, 5.74) is 2.12. The Labute approximate surface area is 107 Å². The first-order chi connectivity index (χ1) is 8.58. The van der Waals surface area contributed by atoms with Crippen LogP contribution in [0.25, 0.3) is 0 Å². The van der Waals surface area contributed by atoms with E-state index in [2.05, 4.69) is 24.1 Å². The average Bonchev–Trinajstić information content (AvgIpc) is 2.66. The number of carbonyl (C=O) groups is 2. The Hall–Kier alpha value is -1.84. The van der Waals surface area contributed by atoms with Crippen molar-refractivity contribution in [2.24, 2.45) is 0 Å². The van der Waals surface area contributed by atoms with Gasteiger partial charge < -0.3 is 10.2 Å². The van der Waals surface area contributed by atoms with Gasteiger partial charge in [-0.15, -0.1) is 0 Å². The van der Waals surface area contributed by atoms with E-state index in [0.717, 1.165) is 18.5 Å². The molecule has 96 valence electrons. The lowest BCUT2D eigenvalue weighted by Gasteiger charge is -2.28. The van der Waals surface area contributed by atoms with Gasteiger partial charge in [-0.05, 0) is 31.0 Å². The third kappa shape index (κ3) is 1.98. The van der Waals surface area contributed by atoms with E-state index in [1.165, 1.54) is 0 Å². The number of amides is 1. The van der Waals surface area contributed by atoms with Gasteiger partial charge in [0.25, 0.3) is 11.7 Å². The summed E-state index contributed by atoms with van der Waals surface area (Å²) in [6.07, 6.45) is 2.13. The number of hydrogen-bond acceptors (Lipinski definition) is 3. The van der Waals surface area contributed by atoms with Crippen LogP contribution in [0, 0.1) is 0 Å². The second kappa shape index (κ2) is 4.80. The number of rotatable bonds is 4. The van der Waals surface area contributed by atoms with Gasteiger partial charge in [0, 0.05) is 18.8 Å². The summed E-state index contributed by atoms with van der Waals surface area (Å²) in [6.45, 7) is 4.31. The Balaban J connectivity index is 2.31. The number of hydrogen-bond donors (Lipinski definition) is 1. The van der Waals surface area contributed by atoms with Crippen molar-refractivity contribution in [1.29, 1.82) is 0 Å². The lowest BCUT2D eigenvalue weighted by atomic mass is 10.1. The predicted octanol–water partition coefficient (Wildman–Crippen LogP) is 2.45. The van der Waals surface area contributed by atoms with Gasteiger partial charge in [0.15, 0.2) is 0 Å². The maximum atomic E-state index is 11.5. The molecular formula is C14H18N2O2. The van der Waals surface area contributed by atoms with Crippen molar-refractivity contribution in [3.8, 4) is 0 Å². The molecule has 4 heteroatoms. The van der Waals surface area contributed by atoms with E-state index in [-0.39, 0.29) is 0 Å². The van der Waals surface area contributed by atoms with Gasteiger partial charge in [-0.25, -0.2) is 0 Å². The number of nitrogens with one attached hydrogen (secondary N) is 1. The standard InChI is InChI=1S/C14H18N2O2/c1-4-9(5-2)16(3)10-6-7-11-12(8-10)15-14(18)13(11)17/h6-9H,4-5H2,1-3H3,(H,15,17,18). The van der Waals surface area contributed by atoms with Crippen LogP contribution >= 0.6 is 0 Å². The van der Waals surface area contributed by atoms with E-state index in [0.29, 0.717) is 17.3 Å². The van der Waals surface area contributed by atoms with Crippen LogP contribution in [0.4, 0.5) is 11.4 Å². The number of Topliss-reactive ketones (excluding diaryl/α,β-unsaturated/α-hetero) is 1. The number of fused-ring (bicyclic) bond motifs is 1. The van der Waals surface area contributed by atoms with Crippen molar-refractivity contribution in [3.05, 3.63) is 23.8 Å². The van der Waals surface area contributed by atoms with Crippen molar-refractivity contribution in [1.82, 2.24) is 0 Å². The molecule has 1 amide bonds. The third-order valence-corrected chi connectivity index (χ3v) is 3.60. The summed E-state index contributed by atoms with van der Waals surface area (Å²) in [7, 11) is 2.04. The Morgan fingerprint density at radius 3 is 2.50 bits per heavy atom. The van der Waals surface area contributed by atoms with Crippen molar-refractivity contribution >= 4 is 23.1 Å². The van der Waals surface area contributed by atoms with Crippen LogP contribution in [0.5, 0.6) is 0 Å². The first kappa shape index (κ1) is 12.6. The fourth-order valence-electron chi connectivity index (χ4n) is 2.40. The van der Waals surface area contributed by atoms with Gasteiger partial charge in [0.2, 0.25) is 0 Å². The van der Waals surface area contributed by atoms with Crippen molar-refractivity contribution in [2.45, 2.75) is 32.7 Å². The largest absolute Gasteiger partial charge is 0.372 e. The Kier molecular flexibility index (Phi) is 3.36. The molecule has 0 aromatic heterocycles. The van der Waals surface area contributed by atoms with Gasteiger partial charge in [-0.2, -0.15) is 0 Å². The molecule has 0 bridgehead atoms. The molecular weight excluding hydrogens is 228 g/mol. The van der Waals surface area contributed by atoms with Crippen molar-refractivity contribution < 1.29 is 9.59 Å². The normalized spacial score (nSPS) is 13.8. The Morgan fingerprint density at radius 1 is 1.22 bits per heavy atom. The lowest BCUT2D eigenvalue weighted by molar-refractivity contribution is -0.112.